The van der Waals surface area contributed by atoms with Crippen molar-refractivity contribution in [3.63, 3.8) is 0 Å². The Hall–Kier alpha value is -9.71. The van der Waals surface area contributed by atoms with Gasteiger partial charge in [-0.2, -0.15) is 0 Å². The SMILES string of the molecule is CCOC(=O)c1c(OCc2ccccc2)c2ncc(Cc3ccc(F)cc3)c3c2n(c1=O)C=C(C(=O)O)O3.[C-]#[N+]CCNC(=O)c1c(O)c2ncc(Cc3ccc(F)cc3)c3c2n(c1=O)C=C(C(=O)N1CCCCC1)O3. The number of carboxylic acid groups (broad SMARTS) is 1. The van der Waals surface area contributed by atoms with Crippen molar-refractivity contribution in [2.45, 2.75) is 45.6 Å². The molecule has 0 atom stereocenters. The molecule has 7 heterocycles. The standard InChI is InChI=1S/C28H21FN2O7.C27H24FN5O5/c1-2-36-28(35)21-25(37-15-17-6-4-3-5-7-17)22-23-24(38-20(27(33)34)14-31(23)26(21)32)18(13-30-22)12-16-8-10-19(29)11-9-16;1-29-9-10-30-25(35)20-23(34)21-22-24(17(14-31-21)13-16-5-7-18(28)8-6-16)38-19(15-33(22)27(20)37)26(36)32-11-3-2-4-12-32/h3-11,13-14H,2,12,15H2,1H3,(H,33,34);5-8,14-15,34H,2-4,9-13H2,(H,30,35). The van der Waals surface area contributed by atoms with Crippen LogP contribution < -0.4 is 30.6 Å². The van der Waals surface area contributed by atoms with Crippen LogP contribution in [0, 0.1) is 18.2 Å². The van der Waals surface area contributed by atoms with E-state index in [2.05, 4.69) is 20.1 Å². The molecule has 3 aliphatic rings. The van der Waals surface area contributed by atoms with Gasteiger partial charge in [0.25, 0.3) is 22.9 Å². The number of aromatic nitrogens is 4. The van der Waals surface area contributed by atoms with E-state index in [-0.39, 0.29) is 90.0 Å². The molecule has 0 bridgehead atoms. The van der Waals surface area contributed by atoms with Crippen LogP contribution in [0.15, 0.2) is 112 Å². The number of benzene rings is 3. The Morgan fingerprint density at radius 1 is 0.750 bits per heavy atom. The number of aromatic hydroxyl groups is 1. The molecule has 7 aromatic rings. The maximum atomic E-state index is 13.6. The van der Waals surface area contributed by atoms with Crippen molar-refractivity contribution in [2.75, 3.05) is 32.8 Å². The van der Waals surface area contributed by atoms with E-state index in [0.29, 0.717) is 29.8 Å². The van der Waals surface area contributed by atoms with Crippen LogP contribution in [-0.2, 0) is 33.8 Å². The highest BCUT2D eigenvalue weighted by Crippen LogP contribution is 2.41. The molecule has 10 rings (SSSR count). The zero-order valence-electron chi connectivity index (χ0n) is 40.5. The fourth-order valence-corrected chi connectivity index (χ4v) is 8.81. The number of carbonyl (C=O) groups is 4. The Morgan fingerprint density at radius 2 is 1.30 bits per heavy atom. The monoisotopic (exact) mass is 1030 g/mol. The van der Waals surface area contributed by atoms with Gasteiger partial charge in [-0.1, -0.05) is 54.6 Å². The molecular formula is C55H45F2N7O12. The Morgan fingerprint density at radius 3 is 1.88 bits per heavy atom. The van der Waals surface area contributed by atoms with Gasteiger partial charge in [-0.05, 0) is 67.1 Å². The number of amides is 2. The maximum absolute atomic E-state index is 13.6. The van der Waals surface area contributed by atoms with Crippen LogP contribution in [0.3, 0.4) is 0 Å². The Bertz CT molecular complexity index is 3700. The number of carboxylic acids is 1. The minimum Gasteiger partial charge on any atom is -0.505 e. The first-order chi connectivity index (χ1) is 36.8. The van der Waals surface area contributed by atoms with E-state index in [1.807, 2.05) is 30.3 Å². The Balaban J connectivity index is 0.000000186. The van der Waals surface area contributed by atoms with Gasteiger partial charge in [0, 0.05) is 49.5 Å². The number of pyridine rings is 4. The minimum atomic E-state index is -1.41. The molecule has 0 aliphatic carbocycles. The number of hydrogen-bond acceptors (Lipinski definition) is 13. The number of nitrogens with zero attached hydrogens (tertiary/aromatic N) is 6. The smallest absolute Gasteiger partial charge is 0.373 e. The summed E-state index contributed by atoms with van der Waals surface area (Å²) in [7, 11) is 0. The lowest BCUT2D eigenvalue weighted by Gasteiger charge is -2.29. The van der Waals surface area contributed by atoms with Gasteiger partial charge in [0.15, 0.2) is 28.6 Å². The molecule has 3 aromatic carbocycles. The van der Waals surface area contributed by atoms with E-state index in [0.717, 1.165) is 45.7 Å². The topological polar surface area (TPSA) is 235 Å². The average molecular weight is 1030 g/mol. The van der Waals surface area contributed by atoms with Crippen LogP contribution in [0.25, 0.3) is 39.3 Å². The van der Waals surface area contributed by atoms with E-state index < -0.39 is 63.3 Å². The molecule has 1 saturated heterocycles. The summed E-state index contributed by atoms with van der Waals surface area (Å²) in [5.74, 6) is -5.52. The number of carbonyl (C=O) groups excluding carboxylic acids is 3. The lowest BCUT2D eigenvalue weighted by Crippen LogP contribution is -2.39. The number of hydrogen-bond donors (Lipinski definition) is 3. The van der Waals surface area contributed by atoms with Crippen molar-refractivity contribution < 1.29 is 57.1 Å². The second kappa shape index (κ2) is 22.2. The zero-order valence-corrected chi connectivity index (χ0v) is 40.5. The summed E-state index contributed by atoms with van der Waals surface area (Å²) in [4.78, 5) is 91.8. The molecule has 19 nitrogen and oxygen atoms in total. The molecule has 3 N–H and O–H groups in total. The van der Waals surface area contributed by atoms with E-state index >= 15 is 0 Å². The first-order valence-corrected chi connectivity index (χ1v) is 23.9. The van der Waals surface area contributed by atoms with Crippen molar-refractivity contribution in [2.24, 2.45) is 0 Å². The minimum absolute atomic E-state index is 0.00302. The summed E-state index contributed by atoms with van der Waals surface area (Å²) in [6.07, 6.45) is 8.29. The third kappa shape index (κ3) is 10.4. The number of likely N-dealkylation sites (tertiary alicyclic amines) is 1. The lowest BCUT2D eigenvalue weighted by molar-refractivity contribution is -0.135. The first kappa shape index (κ1) is 51.2. The number of halogens is 2. The van der Waals surface area contributed by atoms with Crippen LogP contribution in [0.1, 0.15) is 74.7 Å². The van der Waals surface area contributed by atoms with Gasteiger partial charge in [0.2, 0.25) is 18.1 Å². The highest BCUT2D eigenvalue weighted by atomic mass is 19.1. The number of esters is 1. The lowest BCUT2D eigenvalue weighted by atomic mass is 10.0. The molecular weight excluding hydrogens is 989 g/mol. The summed E-state index contributed by atoms with van der Waals surface area (Å²) >= 11 is 0. The fraction of sp³-hybridized carbons (Fsp3) is 0.218. The quantitative estimate of drug-likeness (QED) is 0.0575. The van der Waals surface area contributed by atoms with Crippen molar-refractivity contribution in [1.82, 2.24) is 29.3 Å². The zero-order chi connectivity index (χ0) is 53.6. The largest absolute Gasteiger partial charge is 0.505 e. The van der Waals surface area contributed by atoms with Crippen molar-refractivity contribution in [3.8, 4) is 23.0 Å². The predicted molar refractivity (Wildman–Crippen MR) is 270 cm³/mol. The molecule has 3 aliphatic heterocycles. The second-order valence-electron chi connectivity index (χ2n) is 17.5. The van der Waals surface area contributed by atoms with Crippen LogP contribution in [0.2, 0.25) is 0 Å². The summed E-state index contributed by atoms with van der Waals surface area (Å²) in [6.45, 7) is 9.60. The number of ether oxygens (including phenoxy) is 4. The second-order valence-corrected chi connectivity index (χ2v) is 17.5. The van der Waals surface area contributed by atoms with Crippen LogP contribution in [-0.4, -0.2) is 90.8 Å². The third-order valence-corrected chi connectivity index (χ3v) is 12.5. The highest BCUT2D eigenvalue weighted by molar-refractivity contribution is 6.05. The van der Waals surface area contributed by atoms with Gasteiger partial charge in [0.05, 0.1) is 25.6 Å². The van der Waals surface area contributed by atoms with Crippen LogP contribution in [0.5, 0.6) is 23.0 Å². The molecule has 386 valence electrons. The van der Waals surface area contributed by atoms with E-state index in [4.69, 9.17) is 25.5 Å². The van der Waals surface area contributed by atoms with Crippen LogP contribution in [0.4, 0.5) is 8.78 Å². The number of piperidine rings is 1. The molecule has 21 heteroatoms. The molecule has 76 heavy (non-hydrogen) atoms. The number of nitrogens with one attached hydrogen (secondary N) is 1. The Labute approximate surface area is 430 Å². The maximum Gasteiger partial charge on any atom is 0.373 e. The molecule has 0 saturated carbocycles. The molecule has 1 fully saturated rings. The fourth-order valence-electron chi connectivity index (χ4n) is 8.81. The van der Waals surface area contributed by atoms with Gasteiger partial charge in [-0.3, -0.25) is 38.3 Å². The Kier molecular flexibility index (Phi) is 14.9. The van der Waals surface area contributed by atoms with Gasteiger partial charge in [-0.15, -0.1) is 0 Å². The molecule has 0 radical (unpaired) electrons. The molecule has 0 spiro atoms. The van der Waals surface area contributed by atoms with Crippen molar-refractivity contribution >= 4 is 58.2 Å². The average Bonchev–Trinajstić information content (AvgIpc) is 3.44. The van der Waals surface area contributed by atoms with Crippen LogP contribution >= 0.6 is 0 Å². The van der Waals surface area contributed by atoms with E-state index in [1.165, 1.54) is 42.9 Å². The molecule has 4 aromatic heterocycles. The first-order valence-electron chi connectivity index (χ1n) is 23.9. The van der Waals surface area contributed by atoms with Gasteiger partial charge < -0.3 is 44.2 Å². The highest BCUT2D eigenvalue weighted by Gasteiger charge is 2.34. The van der Waals surface area contributed by atoms with Crippen molar-refractivity contribution in [3.05, 3.63) is 185 Å². The third-order valence-electron chi connectivity index (χ3n) is 12.5. The van der Waals surface area contributed by atoms with E-state index in [1.54, 1.807) is 36.1 Å². The summed E-state index contributed by atoms with van der Waals surface area (Å²) in [5, 5.41) is 23.0. The number of rotatable bonds is 14. The number of aliphatic carboxylic acids is 1. The van der Waals surface area contributed by atoms with E-state index in [9.17, 15) is 47.8 Å². The normalized spacial score (nSPS) is 13.2. The summed E-state index contributed by atoms with van der Waals surface area (Å²) < 4.78 is 51.9. The predicted octanol–water partition coefficient (Wildman–Crippen LogP) is 6.84. The van der Waals surface area contributed by atoms with Gasteiger partial charge >= 0.3 is 11.9 Å². The summed E-state index contributed by atoms with van der Waals surface area (Å²) in [5.41, 5.74) is 0.812. The van der Waals surface area contributed by atoms with Crippen molar-refractivity contribution in [1.29, 1.82) is 0 Å². The molecule has 0 unspecified atom stereocenters. The molecule has 2 amide bonds. The summed E-state index contributed by atoms with van der Waals surface area (Å²) in [6, 6.07) is 20.7. The van der Waals surface area contributed by atoms with Gasteiger partial charge in [-0.25, -0.2) is 24.9 Å². The van der Waals surface area contributed by atoms with Gasteiger partial charge in [0.1, 0.15) is 45.9 Å².